The van der Waals surface area contributed by atoms with Crippen LogP contribution in [0.25, 0.3) is 0 Å². The Balaban J connectivity index is 2.49. The molecule has 1 atom stereocenters. The number of rotatable bonds is 17. The number of carbonyl (C=O) groups is 1. The topological polar surface area (TPSA) is 102 Å². The molecule has 1 aliphatic heterocycles. The van der Waals surface area contributed by atoms with E-state index >= 15 is 0 Å². The average molecular weight is 642 g/mol. The SMILES string of the molecule is CC1(C)C[Si](C)(C)[Si](C)(C)[Si](CCCNC(=O)CCCCC[N+](C)(C)CCCCS(=O)(=O)O)(O[Si](C)(C)C)O1. The van der Waals surface area contributed by atoms with Crippen molar-refractivity contribution in [3.05, 3.63) is 0 Å². The molecule has 1 rings (SSSR count). The Hall–Kier alpha value is 0.128. The van der Waals surface area contributed by atoms with Crippen molar-refractivity contribution in [3.63, 3.8) is 0 Å². The van der Waals surface area contributed by atoms with E-state index in [1.165, 1.54) is 6.04 Å². The maximum atomic E-state index is 12.5. The lowest BCUT2D eigenvalue weighted by Crippen LogP contribution is -2.82. The third kappa shape index (κ3) is 12.9. The van der Waals surface area contributed by atoms with Crippen molar-refractivity contribution in [2.24, 2.45) is 0 Å². The highest BCUT2D eigenvalue weighted by molar-refractivity contribution is 7.85. The highest BCUT2D eigenvalue weighted by atomic mass is 32.2. The van der Waals surface area contributed by atoms with E-state index in [-0.39, 0.29) is 17.3 Å². The Bertz CT molecular complexity index is 903. The predicted molar refractivity (Wildman–Crippen MR) is 174 cm³/mol. The normalized spacial score (nSPS) is 23.0. The molecule has 0 saturated carbocycles. The molecule has 1 heterocycles. The zero-order valence-electron chi connectivity index (χ0n) is 27.0. The summed E-state index contributed by atoms with van der Waals surface area (Å²) in [5.41, 5.74) is -0.124. The predicted octanol–water partition coefficient (Wildman–Crippen LogP) is 5.47. The van der Waals surface area contributed by atoms with Gasteiger partial charge in [0.2, 0.25) is 5.91 Å². The number of unbranched alkanes of at least 4 members (excludes halogenated alkanes) is 3. The van der Waals surface area contributed by atoms with Crippen LogP contribution in [-0.4, -0.2) is 99.5 Å². The minimum absolute atomic E-state index is 0.124. The Kier molecular flexibility index (Phi) is 13.4. The van der Waals surface area contributed by atoms with Gasteiger partial charge in [0.15, 0.2) is 8.32 Å². The molecule has 1 aliphatic rings. The molecule has 0 aromatic carbocycles. The highest BCUT2D eigenvalue weighted by Crippen LogP contribution is 2.47. The summed E-state index contributed by atoms with van der Waals surface area (Å²) < 4.78 is 45.6. The van der Waals surface area contributed by atoms with E-state index in [2.05, 4.69) is 79.1 Å². The van der Waals surface area contributed by atoms with Crippen molar-refractivity contribution in [3.8, 4) is 0 Å². The van der Waals surface area contributed by atoms with Crippen LogP contribution in [0.1, 0.15) is 58.8 Å². The Labute approximate surface area is 244 Å². The fourth-order valence-electron chi connectivity index (χ4n) is 6.04. The van der Waals surface area contributed by atoms with Crippen molar-refractivity contribution in [1.29, 1.82) is 0 Å². The molecule has 0 aliphatic carbocycles. The van der Waals surface area contributed by atoms with Gasteiger partial charge in [-0.1, -0.05) is 26.2 Å². The quantitative estimate of drug-likeness (QED) is 0.0945. The largest absolute Gasteiger partial charge is 0.439 e. The van der Waals surface area contributed by atoms with Crippen molar-refractivity contribution in [2.45, 2.75) is 122 Å². The Morgan fingerprint density at radius 3 is 2.10 bits per heavy atom. The van der Waals surface area contributed by atoms with Crippen molar-refractivity contribution in [2.75, 3.05) is 39.5 Å². The first-order chi connectivity index (χ1) is 17.4. The number of quaternary nitrogens is 1. The first kappa shape index (κ1) is 37.2. The molecule has 0 aromatic heterocycles. The van der Waals surface area contributed by atoms with Crippen LogP contribution in [0.4, 0.5) is 0 Å². The van der Waals surface area contributed by atoms with E-state index < -0.39 is 41.2 Å². The molecule has 0 radical (unpaired) electrons. The van der Waals surface area contributed by atoms with Gasteiger partial charge in [-0.05, 0) is 84.1 Å². The summed E-state index contributed by atoms with van der Waals surface area (Å²) in [5.74, 6) is -0.0342. The van der Waals surface area contributed by atoms with E-state index in [9.17, 15) is 13.2 Å². The lowest BCUT2D eigenvalue weighted by atomic mass is 10.1. The van der Waals surface area contributed by atoms with Gasteiger partial charge in [-0.25, -0.2) is 0 Å². The van der Waals surface area contributed by atoms with Crippen molar-refractivity contribution < 1.29 is 30.8 Å². The molecule has 0 spiro atoms. The molecule has 1 fully saturated rings. The van der Waals surface area contributed by atoms with Crippen LogP contribution in [0.15, 0.2) is 0 Å². The molecule has 39 heavy (non-hydrogen) atoms. The minimum Gasteiger partial charge on any atom is -0.439 e. The molecule has 1 amide bonds. The summed E-state index contributed by atoms with van der Waals surface area (Å²) in [4.78, 5) is 12.5. The maximum absolute atomic E-state index is 12.5. The summed E-state index contributed by atoms with van der Waals surface area (Å²) in [6.07, 6.45) is 5.64. The van der Waals surface area contributed by atoms with Crippen LogP contribution >= 0.6 is 0 Å². The van der Waals surface area contributed by atoms with Gasteiger partial charge in [0, 0.05) is 20.6 Å². The standard InChI is InChI=1S/C26H60N2O6SSi4/c1-26(2)24-37(8,9)38(10,11)39(33-26,34-36(5,6)7)23-17-19-27-25(29)18-13-12-14-20-28(3,4)21-15-16-22-35(30,31)32/h12-24H2,1-11H3,(H-,27,29,30,31,32)/p+1. The minimum atomic E-state index is -3.86. The lowest BCUT2D eigenvalue weighted by molar-refractivity contribution is -0.890. The summed E-state index contributed by atoms with van der Waals surface area (Å²) >= 11 is 0. The van der Waals surface area contributed by atoms with Gasteiger partial charge in [-0.2, -0.15) is 8.42 Å². The van der Waals surface area contributed by atoms with Gasteiger partial charge in [0.25, 0.3) is 10.1 Å². The van der Waals surface area contributed by atoms with Crippen LogP contribution in [0.3, 0.4) is 0 Å². The van der Waals surface area contributed by atoms with Gasteiger partial charge in [-0.3, -0.25) is 9.35 Å². The average Bonchev–Trinajstić information content (AvgIpc) is 2.70. The van der Waals surface area contributed by atoms with Crippen LogP contribution in [-0.2, 0) is 23.5 Å². The molecule has 232 valence electrons. The zero-order chi connectivity index (χ0) is 30.4. The van der Waals surface area contributed by atoms with Gasteiger partial charge >= 0.3 is 8.08 Å². The molecule has 13 heteroatoms. The second-order valence-corrected chi connectivity index (χ2v) is 46.7. The number of hydrogen-bond donors (Lipinski definition) is 2. The van der Waals surface area contributed by atoms with E-state index in [1.807, 2.05) is 0 Å². The fourth-order valence-corrected chi connectivity index (χ4v) is 46.4. The van der Waals surface area contributed by atoms with E-state index in [1.54, 1.807) is 0 Å². The molecule has 0 bridgehead atoms. The van der Waals surface area contributed by atoms with E-state index in [0.717, 1.165) is 55.7 Å². The molecule has 8 nitrogen and oxygen atoms in total. The molecule has 1 saturated heterocycles. The molecular formula is C26H61N2O6SSi4+. The second kappa shape index (κ2) is 14.1. The van der Waals surface area contributed by atoms with E-state index in [0.29, 0.717) is 19.4 Å². The smallest absolute Gasteiger partial charge is 0.303 e. The first-order valence-electron chi connectivity index (χ1n) is 14.9. The number of carbonyl (C=O) groups excluding carboxylic acids is 1. The van der Waals surface area contributed by atoms with Crippen molar-refractivity contribution >= 4 is 47.1 Å². The van der Waals surface area contributed by atoms with Crippen LogP contribution in [0, 0.1) is 0 Å². The van der Waals surface area contributed by atoms with Gasteiger partial charge in [0.05, 0.1) is 38.5 Å². The number of nitrogens with one attached hydrogen (secondary N) is 1. The van der Waals surface area contributed by atoms with Crippen molar-refractivity contribution in [1.82, 2.24) is 5.32 Å². The van der Waals surface area contributed by atoms with Gasteiger partial charge in [0.1, 0.15) is 7.11 Å². The van der Waals surface area contributed by atoms with Crippen LogP contribution in [0.5, 0.6) is 0 Å². The summed E-state index contributed by atoms with van der Waals surface area (Å²) in [6, 6.07) is 2.18. The lowest BCUT2D eigenvalue weighted by Gasteiger charge is -2.60. The molecule has 1 unspecified atom stereocenters. The van der Waals surface area contributed by atoms with Crippen LogP contribution in [0.2, 0.25) is 57.9 Å². The monoisotopic (exact) mass is 641 g/mol. The summed E-state index contributed by atoms with van der Waals surface area (Å²) in [5, 5.41) is 3.16. The summed E-state index contributed by atoms with van der Waals surface area (Å²) in [7, 11) is -6.97. The Morgan fingerprint density at radius 2 is 1.56 bits per heavy atom. The third-order valence-electron chi connectivity index (χ3n) is 8.51. The third-order valence-corrected chi connectivity index (χ3v) is 49.9. The first-order valence-corrected chi connectivity index (χ1v) is 30.1. The number of nitrogens with zero attached hydrogens (tertiary/aromatic N) is 1. The second-order valence-electron chi connectivity index (χ2n) is 15.2. The fraction of sp³-hybridized carbons (Fsp3) is 0.962. The number of amides is 1. The van der Waals surface area contributed by atoms with Gasteiger partial charge < -0.3 is 18.3 Å². The maximum Gasteiger partial charge on any atom is 0.303 e. The molecule has 2 N–H and O–H groups in total. The zero-order valence-corrected chi connectivity index (χ0v) is 31.9. The highest BCUT2D eigenvalue weighted by Gasteiger charge is 2.67. The number of hydrogen-bond acceptors (Lipinski definition) is 5. The van der Waals surface area contributed by atoms with Crippen LogP contribution < -0.4 is 5.32 Å². The Morgan fingerprint density at radius 1 is 1.00 bits per heavy atom. The van der Waals surface area contributed by atoms with Gasteiger partial charge in [-0.15, -0.1) is 0 Å². The van der Waals surface area contributed by atoms with E-state index in [4.69, 9.17) is 13.1 Å². The summed E-state index contributed by atoms with van der Waals surface area (Å²) in [6.45, 7) is 24.1. The molecule has 0 aromatic rings. The molecular weight excluding hydrogens is 581 g/mol.